The fraction of sp³-hybridized carbons (Fsp3) is 0.562. The molecule has 1 saturated heterocycles. The summed E-state index contributed by atoms with van der Waals surface area (Å²) in [5.74, 6) is -0.146. The number of ether oxygens (including phenoxy) is 2. The highest BCUT2D eigenvalue weighted by atomic mass is 16.6. The first-order chi connectivity index (χ1) is 9.95. The third-order valence-electron chi connectivity index (χ3n) is 4.69. The maximum absolute atomic E-state index is 12.3. The van der Waals surface area contributed by atoms with Gasteiger partial charge >= 0.3 is 0 Å². The molecule has 3 rings (SSSR count). The van der Waals surface area contributed by atoms with Crippen LogP contribution in [0, 0.1) is 11.8 Å². The van der Waals surface area contributed by atoms with Crippen molar-refractivity contribution in [2.24, 2.45) is 11.8 Å². The van der Waals surface area contributed by atoms with Gasteiger partial charge in [-0.05, 0) is 25.5 Å². The Kier molecular flexibility index (Phi) is 3.42. The van der Waals surface area contributed by atoms with Crippen LogP contribution in [-0.4, -0.2) is 36.6 Å². The van der Waals surface area contributed by atoms with E-state index < -0.39 is 17.8 Å². The number of fused-ring (bicyclic) bond motifs is 3. The molecule has 1 aromatic carbocycles. The zero-order valence-electron chi connectivity index (χ0n) is 12.5. The number of hydrogen-bond donors (Lipinski definition) is 2. The van der Waals surface area contributed by atoms with E-state index >= 15 is 0 Å². The summed E-state index contributed by atoms with van der Waals surface area (Å²) in [6, 6.07) is 7.72. The molecule has 114 valence electrons. The number of aliphatic hydroxyl groups excluding tert-OH is 1. The van der Waals surface area contributed by atoms with E-state index in [-0.39, 0.29) is 17.7 Å². The Bertz CT molecular complexity index is 557. The topological polar surface area (TPSA) is 67.8 Å². The van der Waals surface area contributed by atoms with Gasteiger partial charge in [0, 0.05) is 18.9 Å². The van der Waals surface area contributed by atoms with Gasteiger partial charge in [-0.3, -0.25) is 4.79 Å². The van der Waals surface area contributed by atoms with E-state index in [0.29, 0.717) is 6.61 Å². The Morgan fingerprint density at radius 1 is 1.38 bits per heavy atom. The highest BCUT2D eigenvalue weighted by molar-refractivity contribution is 5.80. The first kappa shape index (κ1) is 14.4. The molecule has 2 N–H and O–H groups in total. The molecule has 2 heterocycles. The second kappa shape index (κ2) is 5.00. The summed E-state index contributed by atoms with van der Waals surface area (Å²) in [5.41, 5.74) is 0.417. The van der Waals surface area contributed by atoms with E-state index in [1.165, 1.54) is 0 Å². The van der Waals surface area contributed by atoms with Gasteiger partial charge in [-0.1, -0.05) is 18.2 Å². The normalized spacial score (nSPS) is 33.3. The molecule has 0 aliphatic carbocycles. The van der Waals surface area contributed by atoms with E-state index in [1.54, 1.807) is 7.05 Å². The van der Waals surface area contributed by atoms with Crippen LogP contribution in [0.4, 0.5) is 0 Å². The first-order valence-electron chi connectivity index (χ1n) is 7.25. The van der Waals surface area contributed by atoms with Crippen LogP contribution in [0.25, 0.3) is 0 Å². The smallest absolute Gasteiger partial charge is 0.228 e. The first-order valence-corrected chi connectivity index (χ1v) is 7.25. The maximum Gasteiger partial charge on any atom is 0.228 e. The van der Waals surface area contributed by atoms with Crippen LogP contribution in [-0.2, 0) is 9.53 Å². The number of carbonyl (C=O) groups excluding carboxylic acids is 1. The molecule has 0 unspecified atom stereocenters. The van der Waals surface area contributed by atoms with E-state index in [4.69, 9.17) is 9.47 Å². The van der Waals surface area contributed by atoms with E-state index in [0.717, 1.165) is 11.3 Å². The Morgan fingerprint density at radius 3 is 2.81 bits per heavy atom. The maximum atomic E-state index is 12.3. The van der Waals surface area contributed by atoms with Crippen molar-refractivity contribution in [1.82, 2.24) is 5.32 Å². The lowest BCUT2D eigenvalue weighted by atomic mass is 9.66. The van der Waals surface area contributed by atoms with Gasteiger partial charge in [0.1, 0.15) is 5.75 Å². The summed E-state index contributed by atoms with van der Waals surface area (Å²) in [6.45, 7) is 4.35. The number of hydrogen-bond acceptors (Lipinski definition) is 4. The lowest BCUT2D eigenvalue weighted by Crippen LogP contribution is -2.58. The highest BCUT2D eigenvalue weighted by Crippen LogP contribution is 2.51. The molecule has 0 spiro atoms. The average Bonchev–Trinajstić information content (AvgIpc) is 2.45. The van der Waals surface area contributed by atoms with Gasteiger partial charge in [-0.25, -0.2) is 0 Å². The number of para-hydroxylation sites is 1. The molecular weight excluding hydrogens is 270 g/mol. The lowest BCUT2D eigenvalue weighted by molar-refractivity contribution is -0.258. The molecule has 21 heavy (non-hydrogen) atoms. The SMILES string of the molecule is CNC(=O)[C@H]1[C@H]2c3ccccc3OC[C@H]2C(C)(C)O[C@H]1O. The largest absolute Gasteiger partial charge is 0.493 e. The van der Waals surface area contributed by atoms with Crippen LogP contribution in [0.3, 0.4) is 0 Å². The van der Waals surface area contributed by atoms with E-state index in [1.807, 2.05) is 38.1 Å². The van der Waals surface area contributed by atoms with Gasteiger partial charge in [-0.15, -0.1) is 0 Å². The molecule has 1 amide bonds. The fourth-order valence-corrected chi connectivity index (χ4v) is 3.57. The number of benzene rings is 1. The minimum absolute atomic E-state index is 0.0121. The number of amides is 1. The van der Waals surface area contributed by atoms with Gasteiger partial charge in [0.25, 0.3) is 0 Å². The highest BCUT2D eigenvalue weighted by Gasteiger charge is 2.54. The average molecular weight is 291 g/mol. The van der Waals surface area contributed by atoms with Crippen LogP contribution < -0.4 is 10.1 Å². The zero-order chi connectivity index (χ0) is 15.2. The summed E-state index contributed by atoms with van der Waals surface area (Å²) in [4.78, 5) is 12.3. The van der Waals surface area contributed by atoms with Gasteiger partial charge in [0.2, 0.25) is 5.91 Å². The molecule has 0 radical (unpaired) electrons. The second-order valence-electron chi connectivity index (χ2n) is 6.23. The van der Waals surface area contributed by atoms with Gasteiger partial charge < -0.3 is 19.9 Å². The summed E-state index contributed by atoms with van der Waals surface area (Å²) in [6.07, 6.45) is -1.12. The van der Waals surface area contributed by atoms with E-state index in [9.17, 15) is 9.90 Å². The predicted molar refractivity (Wildman–Crippen MR) is 76.9 cm³/mol. The van der Waals surface area contributed by atoms with Crippen LogP contribution in [0.1, 0.15) is 25.3 Å². The van der Waals surface area contributed by atoms with E-state index in [2.05, 4.69) is 5.32 Å². The van der Waals surface area contributed by atoms with Crippen molar-refractivity contribution in [2.45, 2.75) is 31.7 Å². The monoisotopic (exact) mass is 291 g/mol. The summed E-state index contributed by atoms with van der Waals surface area (Å²) in [7, 11) is 1.58. The Hall–Kier alpha value is -1.59. The standard InChI is InChI=1S/C16H21NO4/c1-16(2)10-8-20-11-7-5-4-6-9(11)12(10)13(14(18)17-3)15(19)21-16/h4-7,10,12-13,15,19H,8H2,1-3H3,(H,17,18)/t10-,12+,13-,15-/m1/s1. The summed E-state index contributed by atoms with van der Waals surface area (Å²) in [5, 5.41) is 13.0. The van der Waals surface area contributed by atoms with Gasteiger partial charge in [0.15, 0.2) is 6.29 Å². The number of carbonyl (C=O) groups is 1. The molecule has 5 heteroatoms. The molecule has 1 fully saturated rings. The van der Waals surface area contributed by atoms with Gasteiger partial charge in [-0.2, -0.15) is 0 Å². The zero-order valence-corrected chi connectivity index (χ0v) is 12.5. The van der Waals surface area contributed by atoms with Crippen molar-refractivity contribution >= 4 is 5.91 Å². The molecule has 2 aliphatic rings. The van der Waals surface area contributed by atoms with Crippen molar-refractivity contribution < 1.29 is 19.4 Å². The minimum atomic E-state index is -1.12. The molecule has 2 aliphatic heterocycles. The van der Waals surface area contributed by atoms with Crippen molar-refractivity contribution in [3.05, 3.63) is 29.8 Å². The molecule has 1 aromatic rings. The van der Waals surface area contributed by atoms with Gasteiger partial charge in [0.05, 0.1) is 18.1 Å². The molecule has 5 nitrogen and oxygen atoms in total. The molecule has 0 aromatic heterocycles. The Balaban J connectivity index is 2.10. The van der Waals surface area contributed by atoms with Crippen LogP contribution >= 0.6 is 0 Å². The number of nitrogens with one attached hydrogen (secondary N) is 1. The predicted octanol–water partition coefficient (Wildman–Crippen LogP) is 1.27. The number of aliphatic hydroxyl groups is 1. The Morgan fingerprint density at radius 2 is 2.10 bits per heavy atom. The molecule has 0 saturated carbocycles. The van der Waals surface area contributed by atoms with Crippen molar-refractivity contribution in [3.63, 3.8) is 0 Å². The lowest BCUT2D eigenvalue weighted by Gasteiger charge is -2.51. The Labute approximate surface area is 124 Å². The second-order valence-corrected chi connectivity index (χ2v) is 6.23. The van der Waals surface area contributed by atoms with Crippen molar-refractivity contribution in [2.75, 3.05) is 13.7 Å². The van der Waals surface area contributed by atoms with Crippen molar-refractivity contribution in [3.8, 4) is 5.75 Å². The third-order valence-corrected chi connectivity index (χ3v) is 4.69. The summed E-state index contributed by atoms with van der Waals surface area (Å²) >= 11 is 0. The van der Waals surface area contributed by atoms with Crippen LogP contribution in [0.2, 0.25) is 0 Å². The third kappa shape index (κ3) is 2.21. The minimum Gasteiger partial charge on any atom is -0.493 e. The van der Waals surface area contributed by atoms with Crippen molar-refractivity contribution in [1.29, 1.82) is 0 Å². The molecule has 0 bridgehead atoms. The van der Waals surface area contributed by atoms with Crippen LogP contribution in [0.5, 0.6) is 5.75 Å². The molecule has 4 atom stereocenters. The van der Waals surface area contributed by atoms with Crippen LogP contribution in [0.15, 0.2) is 24.3 Å². The number of rotatable bonds is 1. The summed E-state index contributed by atoms with van der Waals surface area (Å²) < 4.78 is 11.5. The fourth-order valence-electron chi connectivity index (χ4n) is 3.57. The quantitative estimate of drug-likeness (QED) is 0.817. The molecular formula is C16H21NO4.